The van der Waals surface area contributed by atoms with Crippen molar-refractivity contribution in [3.8, 4) is 0 Å². The smallest absolute Gasteiger partial charge is 0.255 e. The second-order valence-electron chi connectivity index (χ2n) is 4.89. The Morgan fingerprint density at radius 2 is 1.82 bits per heavy atom. The molecule has 22 heavy (non-hydrogen) atoms. The van der Waals surface area contributed by atoms with Crippen LogP contribution in [0.15, 0.2) is 71.7 Å². The average molecular weight is 356 g/mol. The first kappa shape index (κ1) is 14.5. The molecule has 0 aliphatic heterocycles. The number of hydrogen-bond acceptors (Lipinski definition) is 2. The average Bonchev–Trinajstić information content (AvgIpc) is 3.03. The van der Waals surface area contributed by atoms with Gasteiger partial charge in [-0.25, -0.2) is 4.98 Å². The Morgan fingerprint density at radius 3 is 2.45 bits per heavy atom. The zero-order valence-corrected chi connectivity index (χ0v) is 13.3. The van der Waals surface area contributed by atoms with Gasteiger partial charge in [-0.1, -0.05) is 28.1 Å². The molecule has 1 aromatic heterocycles. The van der Waals surface area contributed by atoms with E-state index in [0.29, 0.717) is 5.56 Å². The predicted molar refractivity (Wildman–Crippen MR) is 89.9 cm³/mol. The molecule has 0 aliphatic carbocycles. The number of aromatic nitrogens is 2. The molecule has 0 fully saturated rings. The van der Waals surface area contributed by atoms with Crippen LogP contribution in [0, 0.1) is 0 Å². The molecule has 0 unspecified atom stereocenters. The zero-order valence-electron chi connectivity index (χ0n) is 11.7. The van der Waals surface area contributed by atoms with Gasteiger partial charge in [-0.3, -0.25) is 4.79 Å². The van der Waals surface area contributed by atoms with Crippen molar-refractivity contribution >= 4 is 27.5 Å². The second kappa shape index (κ2) is 6.58. The first-order chi connectivity index (χ1) is 10.7. The number of nitrogens with zero attached hydrogens (tertiary/aromatic N) is 2. The topological polar surface area (TPSA) is 46.9 Å². The molecule has 4 nitrogen and oxygen atoms in total. The van der Waals surface area contributed by atoms with Crippen molar-refractivity contribution < 1.29 is 4.79 Å². The van der Waals surface area contributed by atoms with E-state index in [9.17, 15) is 4.79 Å². The summed E-state index contributed by atoms with van der Waals surface area (Å²) in [5.41, 5.74) is 2.56. The minimum atomic E-state index is -0.116. The third kappa shape index (κ3) is 3.62. The van der Waals surface area contributed by atoms with Crippen LogP contribution in [0.5, 0.6) is 0 Å². The van der Waals surface area contributed by atoms with Gasteiger partial charge >= 0.3 is 0 Å². The van der Waals surface area contributed by atoms with Gasteiger partial charge in [-0.15, -0.1) is 0 Å². The summed E-state index contributed by atoms with van der Waals surface area (Å²) in [7, 11) is 0. The van der Waals surface area contributed by atoms with Crippen molar-refractivity contribution in [2.45, 2.75) is 6.54 Å². The van der Waals surface area contributed by atoms with Crippen LogP contribution in [-0.4, -0.2) is 15.5 Å². The van der Waals surface area contributed by atoms with Crippen molar-refractivity contribution in [3.05, 3.63) is 82.9 Å². The summed E-state index contributed by atoms with van der Waals surface area (Å²) < 4.78 is 2.95. The van der Waals surface area contributed by atoms with Gasteiger partial charge < -0.3 is 9.88 Å². The number of benzene rings is 2. The van der Waals surface area contributed by atoms with E-state index in [1.165, 1.54) is 0 Å². The first-order valence-electron chi connectivity index (χ1n) is 6.82. The van der Waals surface area contributed by atoms with E-state index in [0.717, 1.165) is 22.3 Å². The highest BCUT2D eigenvalue weighted by Crippen LogP contribution is 2.14. The summed E-state index contributed by atoms with van der Waals surface area (Å²) >= 11 is 3.36. The lowest BCUT2D eigenvalue weighted by atomic mass is 10.2. The van der Waals surface area contributed by atoms with Gasteiger partial charge in [-0.05, 0) is 42.0 Å². The highest BCUT2D eigenvalue weighted by molar-refractivity contribution is 9.10. The predicted octanol–water partition coefficient (Wildman–Crippen LogP) is 3.95. The van der Waals surface area contributed by atoms with E-state index in [2.05, 4.69) is 26.2 Å². The lowest BCUT2D eigenvalue weighted by Crippen LogP contribution is -2.11. The number of hydrogen-bond donors (Lipinski definition) is 1. The lowest BCUT2D eigenvalue weighted by molar-refractivity contribution is 0.102. The van der Waals surface area contributed by atoms with E-state index >= 15 is 0 Å². The second-order valence-corrected chi connectivity index (χ2v) is 5.81. The van der Waals surface area contributed by atoms with E-state index in [1.54, 1.807) is 24.7 Å². The molecule has 0 atom stereocenters. The summed E-state index contributed by atoms with van der Waals surface area (Å²) in [5.74, 6) is -0.116. The third-order valence-corrected chi connectivity index (χ3v) is 3.77. The summed E-state index contributed by atoms with van der Waals surface area (Å²) in [4.78, 5) is 16.1. The third-order valence-electron chi connectivity index (χ3n) is 3.24. The fraction of sp³-hybridized carbons (Fsp3) is 0.0588. The van der Waals surface area contributed by atoms with Gasteiger partial charge in [0.25, 0.3) is 5.91 Å². The number of carbonyl (C=O) groups is 1. The number of imidazole rings is 1. The molecule has 0 aliphatic rings. The summed E-state index contributed by atoms with van der Waals surface area (Å²) in [6.07, 6.45) is 5.46. The van der Waals surface area contributed by atoms with Crippen LogP contribution in [0.2, 0.25) is 0 Å². The standard InChI is InChI=1S/C17H14BrN3O/c18-15-5-3-14(4-6-15)17(22)20-16-7-1-13(2-8-16)11-21-10-9-19-12-21/h1-10,12H,11H2,(H,20,22). The maximum Gasteiger partial charge on any atom is 0.255 e. The first-order valence-corrected chi connectivity index (χ1v) is 7.61. The number of rotatable bonds is 4. The van der Waals surface area contributed by atoms with E-state index in [4.69, 9.17) is 0 Å². The molecule has 1 N–H and O–H groups in total. The number of amides is 1. The fourth-order valence-electron chi connectivity index (χ4n) is 2.09. The number of nitrogens with one attached hydrogen (secondary N) is 1. The molecular weight excluding hydrogens is 342 g/mol. The molecule has 2 aromatic carbocycles. The quantitative estimate of drug-likeness (QED) is 0.770. The van der Waals surface area contributed by atoms with Crippen molar-refractivity contribution in [2.24, 2.45) is 0 Å². The highest BCUT2D eigenvalue weighted by Gasteiger charge is 2.05. The molecule has 0 bridgehead atoms. The Balaban J connectivity index is 1.65. The van der Waals surface area contributed by atoms with Crippen molar-refractivity contribution in [1.29, 1.82) is 0 Å². The Morgan fingerprint density at radius 1 is 1.09 bits per heavy atom. The molecule has 0 spiro atoms. The number of anilines is 1. The summed E-state index contributed by atoms with van der Waals surface area (Å²) in [5, 5.41) is 2.89. The highest BCUT2D eigenvalue weighted by atomic mass is 79.9. The summed E-state index contributed by atoms with van der Waals surface area (Å²) in [6, 6.07) is 15.1. The van der Waals surface area contributed by atoms with Crippen LogP contribution < -0.4 is 5.32 Å². The minimum Gasteiger partial charge on any atom is -0.333 e. The molecule has 0 radical (unpaired) electrons. The van der Waals surface area contributed by atoms with Crippen LogP contribution in [0.1, 0.15) is 15.9 Å². The maximum atomic E-state index is 12.1. The van der Waals surface area contributed by atoms with Gasteiger partial charge in [0.2, 0.25) is 0 Å². The molecule has 3 aromatic rings. The van der Waals surface area contributed by atoms with E-state index < -0.39 is 0 Å². The van der Waals surface area contributed by atoms with Gasteiger partial charge in [0.15, 0.2) is 0 Å². The van der Waals surface area contributed by atoms with Crippen LogP contribution in [-0.2, 0) is 6.54 Å². The molecule has 0 saturated carbocycles. The van der Waals surface area contributed by atoms with Crippen LogP contribution in [0.4, 0.5) is 5.69 Å². The molecule has 5 heteroatoms. The zero-order chi connectivity index (χ0) is 15.4. The molecule has 0 saturated heterocycles. The fourth-order valence-corrected chi connectivity index (χ4v) is 2.35. The number of carbonyl (C=O) groups excluding carboxylic acids is 1. The Bertz CT molecular complexity index is 750. The Labute approximate surface area is 136 Å². The van der Waals surface area contributed by atoms with Crippen LogP contribution in [0.3, 0.4) is 0 Å². The number of halogens is 1. The minimum absolute atomic E-state index is 0.116. The largest absolute Gasteiger partial charge is 0.333 e. The lowest BCUT2D eigenvalue weighted by Gasteiger charge is -2.07. The van der Waals surface area contributed by atoms with E-state index in [-0.39, 0.29) is 5.91 Å². The molecule has 1 amide bonds. The van der Waals surface area contributed by atoms with Gasteiger partial charge in [-0.2, -0.15) is 0 Å². The molecule has 1 heterocycles. The molecule has 3 rings (SSSR count). The van der Waals surface area contributed by atoms with Crippen molar-refractivity contribution in [2.75, 3.05) is 5.32 Å². The monoisotopic (exact) mass is 355 g/mol. The van der Waals surface area contributed by atoms with Crippen LogP contribution in [0.25, 0.3) is 0 Å². The Hall–Kier alpha value is -2.40. The van der Waals surface area contributed by atoms with Gasteiger partial charge in [0, 0.05) is 34.7 Å². The van der Waals surface area contributed by atoms with Gasteiger partial charge in [0.05, 0.1) is 6.33 Å². The van der Waals surface area contributed by atoms with Crippen molar-refractivity contribution in [3.63, 3.8) is 0 Å². The normalized spacial score (nSPS) is 10.4. The summed E-state index contributed by atoms with van der Waals surface area (Å²) in [6.45, 7) is 0.765. The van der Waals surface area contributed by atoms with Crippen LogP contribution >= 0.6 is 15.9 Å². The van der Waals surface area contributed by atoms with Crippen molar-refractivity contribution in [1.82, 2.24) is 9.55 Å². The van der Waals surface area contributed by atoms with Gasteiger partial charge in [0.1, 0.15) is 0 Å². The SMILES string of the molecule is O=C(Nc1ccc(Cn2ccnc2)cc1)c1ccc(Br)cc1. The van der Waals surface area contributed by atoms with E-state index in [1.807, 2.05) is 47.2 Å². The molecular formula is C17H14BrN3O. The Kier molecular flexibility index (Phi) is 4.34. The molecule has 110 valence electrons. The maximum absolute atomic E-state index is 12.1.